The lowest BCUT2D eigenvalue weighted by Gasteiger charge is -2.22. The van der Waals surface area contributed by atoms with Crippen LogP contribution in [0.25, 0.3) is 0 Å². The molecule has 2 N–H and O–H groups in total. The molecule has 0 unspecified atom stereocenters. The molecule has 2 fully saturated rings. The number of sulfonamides is 1. The van der Waals surface area contributed by atoms with E-state index in [-0.39, 0.29) is 11.7 Å². The SMILES string of the molecule is CCS(=O)(=O)Nc1ccc(C(=O)N[C@@H]2C[C@H]3CC[C@H]2C3)cc1. The van der Waals surface area contributed by atoms with E-state index in [1.165, 1.54) is 19.3 Å². The van der Waals surface area contributed by atoms with Crippen LogP contribution in [-0.2, 0) is 10.0 Å². The molecule has 1 aromatic rings. The fourth-order valence-corrected chi connectivity index (χ4v) is 4.25. The van der Waals surface area contributed by atoms with Gasteiger partial charge < -0.3 is 5.32 Å². The molecule has 0 spiro atoms. The fraction of sp³-hybridized carbons (Fsp3) is 0.562. The van der Waals surface area contributed by atoms with Gasteiger partial charge in [-0.2, -0.15) is 0 Å². The summed E-state index contributed by atoms with van der Waals surface area (Å²) in [5.74, 6) is 1.40. The second-order valence-electron chi connectivity index (χ2n) is 6.34. The first-order valence-corrected chi connectivity index (χ1v) is 9.53. The van der Waals surface area contributed by atoms with Gasteiger partial charge in [0.1, 0.15) is 0 Å². The molecule has 3 atom stereocenters. The monoisotopic (exact) mass is 322 g/mol. The predicted molar refractivity (Wildman–Crippen MR) is 86.2 cm³/mol. The van der Waals surface area contributed by atoms with E-state index in [0.717, 1.165) is 12.3 Å². The Morgan fingerprint density at radius 2 is 1.91 bits per heavy atom. The molecule has 1 aromatic carbocycles. The minimum Gasteiger partial charge on any atom is -0.349 e. The van der Waals surface area contributed by atoms with Gasteiger partial charge in [-0.15, -0.1) is 0 Å². The van der Waals surface area contributed by atoms with Gasteiger partial charge >= 0.3 is 0 Å². The quantitative estimate of drug-likeness (QED) is 0.874. The maximum absolute atomic E-state index is 12.3. The van der Waals surface area contributed by atoms with Crippen LogP contribution < -0.4 is 10.0 Å². The van der Waals surface area contributed by atoms with Crippen LogP contribution >= 0.6 is 0 Å². The number of hydrogen-bond donors (Lipinski definition) is 2. The molecule has 2 aliphatic rings. The van der Waals surface area contributed by atoms with Crippen molar-refractivity contribution in [2.45, 2.75) is 38.6 Å². The molecule has 2 bridgehead atoms. The normalized spacial score (nSPS) is 26.9. The van der Waals surface area contributed by atoms with Crippen molar-refractivity contribution in [2.24, 2.45) is 11.8 Å². The number of carbonyl (C=O) groups excluding carboxylic acids is 1. The first-order chi connectivity index (χ1) is 10.5. The Kier molecular flexibility index (Phi) is 4.12. The van der Waals surface area contributed by atoms with E-state index in [1.807, 2.05) is 0 Å². The lowest BCUT2D eigenvalue weighted by Crippen LogP contribution is -2.38. The number of fused-ring (bicyclic) bond motifs is 2. The van der Waals surface area contributed by atoms with Gasteiger partial charge in [-0.05, 0) is 62.3 Å². The summed E-state index contributed by atoms with van der Waals surface area (Å²) in [7, 11) is -3.28. The lowest BCUT2D eigenvalue weighted by atomic mass is 9.95. The molecule has 2 saturated carbocycles. The van der Waals surface area contributed by atoms with Crippen molar-refractivity contribution >= 4 is 21.6 Å². The number of benzene rings is 1. The minimum absolute atomic E-state index is 0.0273. The summed E-state index contributed by atoms with van der Waals surface area (Å²) in [5.41, 5.74) is 1.06. The van der Waals surface area contributed by atoms with Crippen LogP contribution in [0.1, 0.15) is 43.0 Å². The summed E-state index contributed by atoms with van der Waals surface area (Å²) in [6.45, 7) is 1.58. The Labute approximate surface area is 131 Å². The molecule has 120 valence electrons. The van der Waals surface area contributed by atoms with Gasteiger partial charge in [0.2, 0.25) is 10.0 Å². The fourth-order valence-electron chi connectivity index (χ4n) is 3.61. The van der Waals surface area contributed by atoms with E-state index < -0.39 is 10.0 Å². The van der Waals surface area contributed by atoms with E-state index in [0.29, 0.717) is 23.2 Å². The molecule has 5 nitrogen and oxygen atoms in total. The average Bonchev–Trinajstić information content (AvgIpc) is 3.10. The number of nitrogens with one attached hydrogen (secondary N) is 2. The van der Waals surface area contributed by atoms with Crippen molar-refractivity contribution in [2.75, 3.05) is 10.5 Å². The largest absolute Gasteiger partial charge is 0.349 e. The third kappa shape index (κ3) is 3.27. The molecule has 2 aliphatic carbocycles. The minimum atomic E-state index is -3.28. The van der Waals surface area contributed by atoms with Gasteiger partial charge in [0, 0.05) is 17.3 Å². The zero-order valence-electron chi connectivity index (χ0n) is 12.7. The van der Waals surface area contributed by atoms with E-state index in [4.69, 9.17) is 0 Å². The van der Waals surface area contributed by atoms with Crippen molar-refractivity contribution < 1.29 is 13.2 Å². The second-order valence-corrected chi connectivity index (χ2v) is 8.35. The van der Waals surface area contributed by atoms with Crippen LogP contribution in [0, 0.1) is 11.8 Å². The van der Waals surface area contributed by atoms with E-state index >= 15 is 0 Å². The highest BCUT2D eigenvalue weighted by Crippen LogP contribution is 2.44. The van der Waals surface area contributed by atoms with Crippen molar-refractivity contribution in [3.63, 3.8) is 0 Å². The highest BCUT2D eigenvalue weighted by molar-refractivity contribution is 7.92. The topological polar surface area (TPSA) is 75.3 Å². The highest BCUT2D eigenvalue weighted by Gasteiger charge is 2.40. The molecule has 3 rings (SSSR count). The van der Waals surface area contributed by atoms with Gasteiger partial charge in [-0.1, -0.05) is 6.42 Å². The maximum Gasteiger partial charge on any atom is 0.251 e. The molecule has 0 aromatic heterocycles. The van der Waals surface area contributed by atoms with Crippen molar-refractivity contribution in [3.8, 4) is 0 Å². The zero-order chi connectivity index (χ0) is 15.7. The van der Waals surface area contributed by atoms with Crippen LogP contribution in [0.4, 0.5) is 5.69 Å². The van der Waals surface area contributed by atoms with Gasteiger partial charge in [0.15, 0.2) is 0 Å². The Balaban J connectivity index is 1.61. The molecular weight excluding hydrogens is 300 g/mol. The summed E-state index contributed by atoms with van der Waals surface area (Å²) >= 11 is 0. The Hall–Kier alpha value is -1.56. The molecule has 6 heteroatoms. The van der Waals surface area contributed by atoms with Crippen LogP contribution in [-0.4, -0.2) is 26.1 Å². The molecule has 0 aliphatic heterocycles. The van der Waals surface area contributed by atoms with E-state index in [1.54, 1.807) is 31.2 Å². The average molecular weight is 322 g/mol. The smallest absolute Gasteiger partial charge is 0.251 e. The Morgan fingerprint density at radius 3 is 2.45 bits per heavy atom. The molecule has 22 heavy (non-hydrogen) atoms. The van der Waals surface area contributed by atoms with Crippen molar-refractivity contribution in [3.05, 3.63) is 29.8 Å². The summed E-state index contributed by atoms with van der Waals surface area (Å²) in [5, 5.41) is 3.13. The van der Waals surface area contributed by atoms with Crippen molar-refractivity contribution in [1.29, 1.82) is 0 Å². The van der Waals surface area contributed by atoms with Crippen molar-refractivity contribution in [1.82, 2.24) is 5.32 Å². The number of rotatable bonds is 5. The number of anilines is 1. The summed E-state index contributed by atoms with van der Waals surface area (Å²) in [6.07, 6.45) is 4.89. The highest BCUT2D eigenvalue weighted by atomic mass is 32.2. The van der Waals surface area contributed by atoms with Crippen LogP contribution in [0.3, 0.4) is 0 Å². The van der Waals surface area contributed by atoms with E-state index in [9.17, 15) is 13.2 Å². The number of amides is 1. The third-order valence-electron chi connectivity index (χ3n) is 4.86. The molecule has 0 radical (unpaired) electrons. The predicted octanol–water partition coefficient (Wildman–Crippen LogP) is 2.37. The Morgan fingerprint density at radius 1 is 1.18 bits per heavy atom. The summed E-state index contributed by atoms with van der Waals surface area (Å²) < 4.78 is 25.5. The van der Waals surface area contributed by atoms with Gasteiger partial charge in [0.05, 0.1) is 5.75 Å². The second kappa shape index (κ2) is 5.91. The number of carbonyl (C=O) groups is 1. The van der Waals surface area contributed by atoms with Crippen LogP contribution in [0.5, 0.6) is 0 Å². The van der Waals surface area contributed by atoms with Crippen LogP contribution in [0.2, 0.25) is 0 Å². The Bertz CT molecular complexity index is 654. The molecular formula is C16H22N2O3S. The number of hydrogen-bond acceptors (Lipinski definition) is 3. The van der Waals surface area contributed by atoms with E-state index in [2.05, 4.69) is 10.0 Å². The maximum atomic E-state index is 12.3. The van der Waals surface area contributed by atoms with Gasteiger partial charge in [-0.25, -0.2) is 8.42 Å². The standard InChI is InChI=1S/C16H22N2O3S/c1-2-22(20,21)18-14-7-5-12(6-8-14)16(19)17-15-10-11-3-4-13(15)9-11/h5-8,11,13,15,18H,2-4,9-10H2,1H3,(H,17,19)/t11-,13-,15+/m0/s1. The molecule has 0 heterocycles. The molecule has 1 amide bonds. The van der Waals surface area contributed by atoms with Gasteiger partial charge in [-0.3, -0.25) is 9.52 Å². The third-order valence-corrected chi connectivity index (χ3v) is 6.16. The zero-order valence-corrected chi connectivity index (χ0v) is 13.5. The first kappa shape index (κ1) is 15.3. The van der Waals surface area contributed by atoms with Gasteiger partial charge in [0.25, 0.3) is 5.91 Å². The lowest BCUT2D eigenvalue weighted by molar-refractivity contribution is 0.0923. The first-order valence-electron chi connectivity index (χ1n) is 7.88. The summed E-state index contributed by atoms with van der Waals surface area (Å²) in [4.78, 5) is 12.3. The summed E-state index contributed by atoms with van der Waals surface area (Å²) in [6, 6.07) is 6.89. The molecule has 0 saturated heterocycles. The van der Waals surface area contributed by atoms with Crippen LogP contribution in [0.15, 0.2) is 24.3 Å².